The van der Waals surface area contributed by atoms with Gasteiger partial charge >= 0.3 is 0 Å². The summed E-state index contributed by atoms with van der Waals surface area (Å²) in [6, 6.07) is 6.38. The highest BCUT2D eigenvalue weighted by Gasteiger charge is 2.17. The molecule has 118 valence electrons. The average molecular weight is 323 g/mol. The van der Waals surface area contributed by atoms with Gasteiger partial charge in [-0.15, -0.1) is 10.2 Å². The lowest BCUT2D eigenvalue weighted by atomic mass is 10.3. The predicted octanol–water partition coefficient (Wildman–Crippen LogP) is 1.14. The fourth-order valence-electron chi connectivity index (χ4n) is 1.94. The number of aromatic nitrogens is 3. The van der Waals surface area contributed by atoms with Crippen LogP contribution in [-0.2, 0) is 11.2 Å². The minimum atomic E-state index is -0.375. The van der Waals surface area contributed by atoms with Crippen LogP contribution < -0.4 is 11.1 Å². The number of nitrogens with two attached hydrogens (primary N) is 1. The number of hydrogen-bond donors (Lipinski definition) is 2. The number of amides is 1. The number of nitrogens with one attached hydrogen (secondary N) is 1. The second-order valence-corrected chi connectivity index (χ2v) is 5.41. The van der Waals surface area contributed by atoms with Gasteiger partial charge in [0, 0.05) is 13.0 Å². The van der Waals surface area contributed by atoms with Gasteiger partial charge in [0.25, 0.3) is 0 Å². The van der Waals surface area contributed by atoms with E-state index in [1.54, 1.807) is 22.8 Å². The van der Waals surface area contributed by atoms with E-state index < -0.39 is 0 Å². The largest absolute Gasteiger partial charge is 0.356 e. The van der Waals surface area contributed by atoms with E-state index in [0.717, 1.165) is 0 Å². The van der Waals surface area contributed by atoms with Crippen LogP contribution in [0.15, 0.2) is 29.4 Å². The standard InChI is InChI=1S/C14H18FN5OS/c1-2-17-13(21)9-22-14-19-18-12(7-8-16)20(14)11-6-4-3-5-10(11)15/h3-6H,2,7-9,16H2,1H3,(H,17,21). The van der Waals surface area contributed by atoms with Crippen LogP contribution in [0.25, 0.3) is 5.69 Å². The molecule has 0 saturated heterocycles. The lowest BCUT2D eigenvalue weighted by molar-refractivity contribution is -0.118. The number of thioether (sulfide) groups is 1. The molecule has 0 aliphatic heterocycles. The van der Waals surface area contributed by atoms with Crippen molar-refractivity contribution in [1.82, 2.24) is 20.1 Å². The van der Waals surface area contributed by atoms with Crippen LogP contribution in [-0.4, -0.2) is 39.5 Å². The molecule has 0 radical (unpaired) electrons. The Balaban J connectivity index is 2.31. The van der Waals surface area contributed by atoms with Gasteiger partial charge in [-0.3, -0.25) is 9.36 Å². The molecule has 0 unspecified atom stereocenters. The molecule has 2 rings (SSSR count). The van der Waals surface area contributed by atoms with Gasteiger partial charge in [0.15, 0.2) is 5.16 Å². The molecule has 22 heavy (non-hydrogen) atoms. The lowest BCUT2D eigenvalue weighted by Crippen LogP contribution is -2.24. The summed E-state index contributed by atoms with van der Waals surface area (Å²) in [5.41, 5.74) is 5.93. The van der Waals surface area contributed by atoms with E-state index in [-0.39, 0.29) is 17.5 Å². The normalized spacial score (nSPS) is 10.7. The summed E-state index contributed by atoms with van der Waals surface area (Å²) in [4.78, 5) is 11.6. The van der Waals surface area contributed by atoms with Crippen molar-refractivity contribution in [3.8, 4) is 5.69 Å². The van der Waals surface area contributed by atoms with Crippen molar-refractivity contribution in [2.75, 3.05) is 18.8 Å². The first-order chi connectivity index (χ1) is 10.7. The number of carbonyl (C=O) groups excluding carboxylic acids is 1. The molecule has 1 aromatic carbocycles. The second kappa shape index (κ2) is 7.90. The molecular weight excluding hydrogens is 305 g/mol. The maximum absolute atomic E-state index is 14.1. The van der Waals surface area contributed by atoms with Crippen LogP contribution in [0.5, 0.6) is 0 Å². The van der Waals surface area contributed by atoms with E-state index >= 15 is 0 Å². The topological polar surface area (TPSA) is 85.8 Å². The molecule has 1 aromatic heterocycles. The van der Waals surface area contributed by atoms with Gasteiger partial charge in [0.1, 0.15) is 11.6 Å². The highest BCUT2D eigenvalue weighted by Crippen LogP contribution is 2.23. The third-order valence-electron chi connectivity index (χ3n) is 2.87. The molecule has 0 aliphatic rings. The summed E-state index contributed by atoms with van der Waals surface area (Å²) < 4.78 is 15.7. The van der Waals surface area contributed by atoms with E-state index in [2.05, 4.69) is 15.5 Å². The van der Waals surface area contributed by atoms with Gasteiger partial charge < -0.3 is 11.1 Å². The second-order valence-electron chi connectivity index (χ2n) is 4.47. The number of nitrogens with zero attached hydrogens (tertiary/aromatic N) is 3. The number of hydrogen-bond acceptors (Lipinski definition) is 5. The van der Waals surface area contributed by atoms with Crippen LogP contribution in [0.1, 0.15) is 12.7 Å². The fourth-order valence-corrected chi connectivity index (χ4v) is 2.73. The molecule has 0 fully saturated rings. The Morgan fingerprint density at radius 3 is 2.86 bits per heavy atom. The first kappa shape index (κ1) is 16.4. The van der Waals surface area contributed by atoms with Crippen LogP contribution in [0, 0.1) is 5.82 Å². The molecule has 0 saturated carbocycles. The summed E-state index contributed by atoms with van der Waals surface area (Å²) in [6.45, 7) is 2.80. The molecule has 0 bridgehead atoms. The predicted molar refractivity (Wildman–Crippen MR) is 83.5 cm³/mol. The Hall–Kier alpha value is -1.93. The van der Waals surface area contributed by atoms with Gasteiger partial charge in [-0.25, -0.2) is 4.39 Å². The number of halogens is 1. The highest BCUT2D eigenvalue weighted by molar-refractivity contribution is 7.99. The Morgan fingerprint density at radius 2 is 2.18 bits per heavy atom. The zero-order valence-electron chi connectivity index (χ0n) is 12.3. The smallest absolute Gasteiger partial charge is 0.230 e. The Bertz CT molecular complexity index is 646. The molecule has 1 amide bonds. The van der Waals surface area contributed by atoms with Crippen LogP contribution >= 0.6 is 11.8 Å². The molecule has 0 atom stereocenters. The minimum absolute atomic E-state index is 0.101. The quantitative estimate of drug-likeness (QED) is 0.746. The Morgan fingerprint density at radius 1 is 1.41 bits per heavy atom. The number of carbonyl (C=O) groups is 1. The Labute approximate surface area is 132 Å². The first-order valence-electron chi connectivity index (χ1n) is 6.96. The van der Waals surface area contributed by atoms with Gasteiger partial charge in [-0.2, -0.15) is 0 Å². The fraction of sp³-hybridized carbons (Fsp3) is 0.357. The number of rotatable bonds is 7. The van der Waals surface area contributed by atoms with E-state index in [9.17, 15) is 9.18 Å². The van der Waals surface area contributed by atoms with E-state index in [1.165, 1.54) is 17.8 Å². The Kier molecular flexibility index (Phi) is 5.91. The molecule has 8 heteroatoms. The highest BCUT2D eigenvalue weighted by atomic mass is 32.2. The molecule has 1 heterocycles. The van der Waals surface area contributed by atoms with Crippen molar-refractivity contribution in [1.29, 1.82) is 0 Å². The monoisotopic (exact) mass is 323 g/mol. The van der Waals surface area contributed by atoms with Crippen molar-refractivity contribution >= 4 is 17.7 Å². The average Bonchev–Trinajstić information content (AvgIpc) is 2.89. The van der Waals surface area contributed by atoms with Crippen molar-refractivity contribution < 1.29 is 9.18 Å². The lowest BCUT2D eigenvalue weighted by Gasteiger charge is -2.10. The van der Waals surface area contributed by atoms with Gasteiger partial charge in [0.05, 0.1) is 11.4 Å². The SMILES string of the molecule is CCNC(=O)CSc1nnc(CCN)n1-c1ccccc1F. The van der Waals surface area contributed by atoms with Crippen molar-refractivity contribution in [2.45, 2.75) is 18.5 Å². The minimum Gasteiger partial charge on any atom is -0.356 e. The van der Waals surface area contributed by atoms with Crippen molar-refractivity contribution in [2.24, 2.45) is 5.73 Å². The zero-order valence-corrected chi connectivity index (χ0v) is 13.1. The first-order valence-corrected chi connectivity index (χ1v) is 7.94. The van der Waals surface area contributed by atoms with Crippen LogP contribution in [0.4, 0.5) is 4.39 Å². The summed E-state index contributed by atoms with van der Waals surface area (Å²) in [5, 5.41) is 11.3. The maximum atomic E-state index is 14.1. The van der Waals surface area contributed by atoms with Crippen molar-refractivity contribution in [3.63, 3.8) is 0 Å². The molecule has 6 nitrogen and oxygen atoms in total. The van der Waals surface area contributed by atoms with Gasteiger partial charge in [-0.1, -0.05) is 23.9 Å². The van der Waals surface area contributed by atoms with Gasteiger partial charge in [0.2, 0.25) is 5.91 Å². The van der Waals surface area contributed by atoms with Gasteiger partial charge in [-0.05, 0) is 25.6 Å². The molecular formula is C14H18FN5OS. The van der Waals surface area contributed by atoms with Crippen LogP contribution in [0.2, 0.25) is 0 Å². The maximum Gasteiger partial charge on any atom is 0.230 e. The summed E-state index contributed by atoms with van der Waals surface area (Å²) in [6.07, 6.45) is 0.475. The molecule has 0 spiro atoms. The van der Waals surface area contributed by atoms with E-state index in [1.807, 2.05) is 6.92 Å². The third kappa shape index (κ3) is 3.83. The third-order valence-corrected chi connectivity index (χ3v) is 3.80. The summed E-state index contributed by atoms with van der Waals surface area (Å²) in [7, 11) is 0. The van der Waals surface area contributed by atoms with Crippen LogP contribution in [0.3, 0.4) is 0 Å². The summed E-state index contributed by atoms with van der Waals surface area (Å²) in [5.74, 6) is 0.297. The van der Waals surface area contributed by atoms with E-state index in [0.29, 0.717) is 36.2 Å². The molecule has 2 aromatic rings. The number of para-hydroxylation sites is 1. The zero-order chi connectivity index (χ0) is 15.9. The van der Waals surface area contributed by atoms with E-state index in [4.69, 9.17) is 5.73 Å². The summed E-state index contributed by atoms with van der Waals surface area (Å²) >= 11 is 1.22. The molecule has 3 N–H and O–H groups in total. The number of benzene rings is 1. The molecule has 0 aliphatic carbocycles. The van der Waals surface area contributed by atoms with Crippen molar-refractivity contribution in [3.05, 3.63) is 35.9 Å².